The van der Waals surface area contributed by atoms with Crippen LogP contribution in [0.3, 0.4) is 0 Å². The summed E-state index contributed by atoms with van der Waals surface area (Å²) in [5.74, 6) is 0.796. The van der Waals surface area contributed by atoms with E-state index in [0.717, 1.165) is 55.8 Å². The molecule has 27 heavy (non-hydrogen) atoms. The summed E-state index contributed by atoms with van der Waals surface area (Å²) in [5, 5.41) is 3.42. The summed E-state index contributed by atoms with van der Waals surface area (Å²) in [6.45, 7) is 4.59. The number of benzene rings is 1. The molecule has 1 fully saturated rings. The maximum absolute atomic E-state index is 13.1. The van der Waals surface area contributed by atoms with Crippen LogP contribution in [0.5, 0.6) is 0 Å². The molecule has 144 valence electrons. The second-order valence-electron chi connectivity index (χ2n) is 7.19. The summed E-state index contributed by atoms with van der Waals surface area (Å²) in [6.07, 6.45) is 6.98. The first-order chi connectivity index (χ1) is 13.1. The minimum Gasteiger partial charge on any atom is -0.384 e. The third kappa shape index (κ3) is 6.15. The lowest BCUT2D eigenvalue weighted by atomic mass is 9.99. The van der Waals surface area contributed by atoms with Gasteiger partial charge in [0.25, 0.3) is 0 Å². The summed E-state index contributed by atoms with van der Waals surface area (Å²) in [6, 6.07) is 10.6. The summed E-state index contributed by atoms with van der Waals surface area (Å²) in [7, 11) is 0. The molecule has 2 atom stereocenters. The second-order valence-corrected chi connectivity index (χ2v) is 7.19. The second kappa shape index (κ2) is 9.62. The largest absolute Gasteiger partial charge is 0.384 e. The maximum atomic E-state index is 13.1. The van der Waals surface area contributed by atoms with Gasteiger partial charge in [0.15, 0.2) is 0 Å². The van der Waals surface area contributed by atoms with Crippen LogP contribution in [0.15, 0.2) is 42.5 Å². The van der Waals surface area contributed by atoms with Gasteiger partial charge in [-0.05, 0) is 61.6 Å². The number of aromatic nitrogens is 1. The lowest BCUT2D eigenvalue weighted by molar-refractivity contribution is 0.0367. The van der Waals surface area contributed by atoms with Crippen LogP contribution in [-0.2, 0) is 11.2 Å². The Hall–Kier alpha value is -2.24. The highest BCUT2D eigenvalue weighted by molar-refractivity contribution is 5.48. The molecule has 1 aromatic heterocycles. The number of unbranched alkanes of at least 4 members (excludes halogenated alkanes) is 1. The number of allylic oxidation sites excluding steroid dienone is 1. The van der Waals surface area contributed by atoms with Gasteiger partial charge >= 0.3 is 0 Å². The number of ether oxygens (including phenoxy) is 1. The van der Waals surface area contributed by atoms with E-state index in [-0.39, 0.29) is 11.9 Å². The minimum absolute atomic E-state index is 0.204. The van der Waals surface area contributed by atoms with Crippen LogP contribution in [0.1, 0.15) is 29.7 Å². The normalized spacial score (nSPS) is 19.8. The summed E-state index contributed by atoms with van der Waals surface area (Å²) in [4.78, 5) is 4.45. The van der Waals surface area contributed by atoms with Crippen molar-refractivity contribution in [3.63, 3.8) is 0 Å². The molecule has 3 rings (SSSR count). The molecular weight excluding hydrogens is 341 g/mol. The van der Waals surface area contributed by atoms with Crippen LogP contribution in [0, 0.1) is 18.7 Å². The van der Waals surface area contributed by atoms with Crippen LogP contribution < -0.4 is 11.1 Å². The van der Waals surface area contributed by atoms with Gasteiger partial charge in [0.05, 0.1) is 6.10 Å². The van der Waals surface area contributed by atoms with Gasteiger partial charge in [-0.2, -0.15) is 0 Å². The molecule has 2 aromatic rings. The van der Waals surface area contributed by atoms with Crippen molar-refractivity contribution in [2.24, 2.45) is 5.92 Å². The Morgan fingerprint density at radius 2 is 2.19 bits per heavy atom. The molecule has 0 amide bonds. The van der Waals surface area contributed by atoms with Crippen molar-refractivity contribution >= 4 is 11.9 Å². The van der Waals surface area contributed by atoms with E-state index in [1.807, 2.05) is 25.1 Å². The molecule has 0 spiro atoms. The Labute approximate surface area is 160 Å². The lowest BCUT2D eigenvalue weighted by Gasteiger charge is -2.19. The number of hydrogen-bond acceptors (Lipinski definition) is 4. The first kappa shape index (κ1) is 19.5. The van der Waals surface area contributed by atoms with E-state index in [1.54, 1.807) is 6.07 Å². The van der Waals surface area contributed by atoms with Gasteiger partial charge in [-0.15, -0.1) is 0 Å². The molecular formula is C22H28FN3O. The molecule has 1 saturated heterocycles. The number of nitrogens with zero attached hydrogens (tertiary/aromatic N) is 1. The minimum atomic E-state index is -0.204. The molecule has 1 aliphatic heterocycles. The standard InChI is InChI=1S/C22H28FN3O/c1-16-10-20(26-22(24)11-16)13-18-14-25-15-21(18)27-9-4-2-3-6-17-7-5-8-19(23)12-17/h3,5-8,10-12,18,21,25H,2,4,9,13-15H2,1H3,(H2,24,26)/b6-3+/t18-,21+/m0/s1. The first-order valence-corrected chi connectivity index (χ1v) is 9.57. The van der Waals surface area contributed by atoms with Gasteiger partial charge in [-0.1, -0.05) is 24.3 Å². The number of nitrogens with one attached hydrogen (secondary N) is 1. The molecule has 0 radical (unpaired) electrons. The van der Waals surface area contributed by atoms with Crippen molar-refractivity contribution in [1.82, 2.24) is 10.3 Å². The van der Waals surface area contributed by atoms with Crippen LogP contribution in [-0.4, -0.2) is 30.8 Å². The average molecular weight is 369 g/mol. The molecule has 4 nitrogen and oxygen atoms in total. The highest BCUT2D eigenvalue weighted by Crippen LogP contribution is 2.19. The summed E-state index contributed by atoms with van der Waals surface area (Å²) >= 11 is 0. The third-order valence-electron chi connectivity index (χ3n) is 4.80. The van der Waals surface area contributed by atoms with Gasteiger partial charge in [-0.3, -0.25) is 0 Å². The van der Waals surface area contributed by atoms with Crippen LogP contribution >= 0.6 is 0 Å². The highest BCUT2D eigenvalue weighted by Gasteiger charge is 2.28. The van der Waals surface area contributed by atoms with Crippen molar-refractivity contribution in [3.05, 3.63) is 65.1 Å². The molecule has 0 unspecified atom stereocenters. The zero-order valence-corrected chi connectivity index (χ0v) is 15.8. The smallest absolute Gasteiger partial charge is 0.123 e. The van der Waals surface area contributed by atoms with E-state index in [0.29, 0.717) is 11.7 Å². The number of nitrogens with two attached hydrogens (primary N) is 1. The number of hydrogen-bond donors (Lipinski definition) is 2. The van der Waals surface area contributed by atoms with Crippen LogP contribution in [0.2, 0.25) is 0 Å². The Kier molecular flexibility index (Phi) is 6.96. The Morgan fingerprint density at radius 3 is 3.00 bits per heavy atom. The zero-order valence-electron chi connectivity index (χ0n) is 15.8. The molecule has 3 N–H and O–H groups in total. The Morgan fingerprint density at radius 1 is 1.30 bits per heavy atom. The molecule has 2 heterocycles. The van der Waals surface area contributed by atoms with Crippen molar-refractivity contribution < 1.29 is 9.13 Å². The lowest BCUT2D eigenvalue weighted by Crippen LogP contribution is -2.25. The zero-order chi connectivity index (χ0) is 19.1. The molecule has 0 aliphatic carbocycles. The quantitative estimate of drug-likeness (QED) is 0.696. The summed E-state index contributed by atoms with van der Waals surface area (Å²) in [5.41, 5.74) is 8.93. The van der Waals surface area contributed by atoms with Gasteiger partial charge in [-0.25, -0.2) is 9.37 Å². The van der Waals surface area contributed by atoms with E-state index >= 15 is 0 Å². The summed E-state index contributed by atoms with van der Waals surface area (Å²) < 4.78 is 19.2. The molecule has 5 heteroatoms. The fraction of sp³-hybridized carbons (Fsp3) is 0.409. The number of anilines is 1. The predicted octanol–water partition coefficient (Wildman–Crippen LogP) is 3.75. The Balaban J connectivity index is 1.41. The topological polar surface area (TPSA) is 60.2 Å². The van der Waals surface area contributed by atoms with Gasteiger partial charge in [0.1, 0.15) is 11.6 Å². The molecule has 1 aliphatic rings. The molecule has 0 bridgehead atoms. The van der Waals surface area contributed by atoms with Crippen LogP contribution in [0.4, 0.5) is 10.2 Å². The average Bonchev–Trinajstić information content (AvgIpc) is 3.04. The van der Waals surface area contributed by atoms with E-state index in [4.69, 9.17) is 10.5 Å². The van der Waals surface area contributed by atoms with Gasteiger partial charge < -0.3 is 15.8 Å². The van der Waals surface area contributed by atoms with Crippen LogP contribution in [0.25, 0.3) is 6.08 Å². The number of aryl methyl sites for hydroxylation is 1. The van der Waals surface area contributed by atoms with Crippen molar-refractivity contribution in [3.8, 4) is 0 Å². The molecule has 1 aromatic carbocycles. The van der Waals surface area contributed by atoms with E-state index in [1.165, 1.54) is 12.1 Å². The van der Waals surface area contributed by atoms with Gasteiger partial charge in [0, 0.05) is 31.3 Å². The number of rotatable bonds is 8. The third-order valence-corrected chi connectivity index (χ3v) is 4.80. The first-order valence-electron chi connectivity index (χ1n) is 9.57. The van der Waals surface area contributed by atoms with Gasteiger partial charge in [0.2, 0.25) is 0 Å². The van der Waals surface area contributed by atoms with E-state index < -0.39 is 0 Å². The fourth-order valence-electron chi connectivity index (χ4n) is 3.51. The highest BCUT2D eigenvalue weighted by atomic mass is 19.1. The number of nitrogen functional groups attached to an aromatic ring is 1. The maximum Gasteiger partial charge on any atom is 0.123 e. The van der Waals surface area contributed by atoms with Crippen molar-refractivity contribution in [2.45, 2.75) is 32.3 Å². The fourth-order valence-corrected chi connectivity index (χ4v) is 3.51. The molecule has 0 saturated carbocycles. The number of pyridine rings is 1. The SMILES string of the molecule is Cc1cc(N)nc(C[C@H]2CNC[C@H]2OCCC/C=C/c2cccc(F)c2)c1. The number of halogens is 1. The predicted molar refractivity (Wildman–Crippen MR) is 108 cm³/mol. The van der Waals surface area contributed by atoms with E-state index in [9.17, 15) is 4.39 Å². The van der Waals surface area contributed by atoms with Crippen molar-refractivity contribution in [1.29, 1.82) is 0 Å². The monoisotopic (exact) mass is 369 g/mol. The Bertz CT molecular complexity index is 758. The van der Waals surface area contributed by atoms with Crippen molar-refractivity contribution in [2.75, 3.05) is 25.4 Å². The van der Waals surface area contributed by atoms with E-state index in [2.05, 4.69) is 22.4 Å².